The summed E-state index contributed by atoms with van der Waals surface area (Å²) >= 11 is 3.61. The molecule has 0 aliphatic carbocycles. The second-order valence-corrected chi connectivity index (χ2v) is 5.63. The lowest BCUT2D eigenvalue weighted by molar-refractivity contribution is 0.171. The Morgan fingerprint density at radius 1 is 1.33 bits per heavy atom. The first-order valence-corrected chi connectivity index (χ1v) is 7.96. The number of nitrogens with zero attached hydrogens (tertiary/aromatic N) is 2. The largest absolute Gasteiger partial charge is 0.496 e. The molecule has 2 aromatic rings. The Morgan fingerprint density at radius 2 is 2.05 bits per heavy atom. The number of aliphatic hydroxyl groups is 1. The maximum Gasteiger partial charge on any atom is 0.124 e. The van der Waals surface area contributed by atoms with Crippen molar-refractivity contribution in [3.8, 4) is 5.75 Å². The summed E-state index contributed by atoms with van der Waals surface area (Å²) in [6.45, 7) is 4.91. The van der Waals surface area contributed by atoms with E-state index in [1.54, 1.807) is 7.11 Å². The van der Waals surface area contributed by atoms with Gasteiger partial charge in [-0.3, -0.25) is 4.68 Å². The van der Waals surface area contributed by atoms with E-state index in [9.17, 15) is 5.11 Å². The standard InChI is InChI=1S/C16H21BrN2O2/c1-4-12-16(17)13(19(5-2)18-12)10-14(20)11-8-6-7-9-15(11)21-3/h6-9,14,20H,4-5,10H2,1-3H3. The zero-order chi connectivity index (χ0) is 15.4. The van der Waals surface area contributed by atoms with Gasteiger partial charge in [0.1, 0.15) is 5.75 Å². The average molecular weight is 353 g/mol. The molecule has 21 heavy (non-hydrogen) atoms. The van der Waals surface area contributed by atoms with Crippen molar-refractivity contribution in [2.75, 3.05) is 7.11 Å². The third-order valence-electron chi connectivity index (χ3n) is 3.58. The highest BCUT2D eigenvalue weighted by Gasteiger charge is 2.20. The Kier molecular flexibility index (Phi) is 5.42. The highest BCUT2D eigenvalue weighted by molar-refractivity contribution is 9.10. The van der Waals surface area contributed by atoms with Crippen LogP contribution < -0.4 is 4.74 Å². The zero-order valence-corrected chi connectivity index (χ0v) is 14.2. The summed E-state index contributed by atoms with van der Waals surface area (Å²) in [5.74, 6) is 0.708. The lowest BCUT2D eigenvalue weighted by atomic mass is 10.0. The van der Waals surface area contributed by atoms with Crippen LogP contribution in [-0.2, 0) is 19.4 Å². The molecule has 1 aromatic heterocycles. The quantitative estimate of drug-likeness (QED) is 0.865. The average Bonchev–Trinajstić information content (AvgIpc) is 2.83. The van der Waals surface area contributed by atoms with Gasteiger partial charge in [0.2, 0.25) is 0 Å². The molecule has 1 N–H and O–H groups in total. The number of methoxy groups -OCH3 is 1. The molecule has 1 aromatic carbocycles. The van der Waals surface area contributed by atoms with Gasteiger partial charge in [-0.25, -0.2) is 0 Å². The van der Waals surface area contributed by atoms with Gasteiger partial charge in [-0.15, -0.1) is 0 Å². The van der Waals surface area contributed by atoms with Crippen LogP contribution in [0.2, 0.25) is 0 Å². The smallest absolute Gasteiger partial charge is 0.124 e. The Hall–Kier alpha value is -1.33. The Bertz CT molecular complexity index is 610. The van der Waals surface area contributed by atoms with Gasteiger partial charge in [0, 0.05) is 18.5 Å². The number of aromatic nitrogens is 2. The van der Waals surface area contributed by atoms with E-state index in [1.807, 2.05) is 28.9 Å². The number of halogens is 1. The van der Waals surface area contributed by atoms with Crippen LogP contribution in [0.1, 0.15) is 36.9 Å². The second kappa shape index (κ2) is 7.09. The van der Waals surface area contributed by atoms with E-state index in [0.29, 0.717) is 12.2 Å². The number of para-hydroxylation sites is 1. The van der Waals surface area contributed by atoms with Crippen molar-refractivity contribution in [2.24, 2.45) is 0 Å². The first-order valence-electron chi connectivity index (χ1n) is 7.17. The molecule has 114 valence electrons. The summed E-state index contributed by atoms with van der Waals surface area (Å²) in [4.78, 5) is 0. The molecule has 0 amide bonds. The van der Waals surface area contributed by atoms with Crippen LogP contribution in [0.4, 0.5) is 0 Å². The number of benzene rings is 1. The van der Waals surface area contributed by atoms with Crippen LogP contribution in [0.3, 0.4) is 0 Å². The van der Waals surface area contributed by atoms with Gasteiger partial charge in [0.05, 0.1) is 29.1 Å². The minimum Gasteiger partial charge on any atom is -0.496 e. The zero-order valence-electron chi connectivity index (χ0n) is 12.6. The van der Waals surface area contributed by atoms with E-state index in [1.165, 1.54) is 0 Å². The Morgan fingerprint density at radius 3 is 2.67 bits per heavy atom. The molecular formula is C16H21BrN2O2. The van der Waals surface area contributed by atoms with Gasteiger partial charge in [-0.2, -0.15) is 5.10 Å². The number of rotatable bonds is 6. The van der Waals surface area contributed by atoms with E-state index in [-0.39, 0.29) is 0 Å². The predicted octanol–water partition coefficient (Wildman–Crippen LogP) is 3.51. The van der Waals surface area contributed by atoms with Gasteiger partial charge in [0.15, 0.2) is 0 Å². The number of ether oxygens (including phenoxy) is 1. The van der Waals surface area contributed by atoms with Gasteiger partial charge in [0.25, 0.3) is 0 Å². The van der Waals surface area contributed by atoms with E-state index in [0.717, 1.165) is 34.4 Å². The topological polar surface area (TPSA) is 47.3 Å². The maximum atomic E-state index is 10.6. The maximum absolute atomic E-state index is 10.6. The molecule has 1 atom stereocenters. The normalized spacial score (nSPS) is 12.4. The van der Waals surface area contributed by atoms with Crippen molar-refractivity contribution in [1.82, 2.24) is 9.78 Å². The molecule has 1 heterocycles. The van der Waals surface area contributed by atoms with Crippen molar-refractivity contribution in [3.05, 3.63) is 45.7 Å². The third kappa shape index (κ3) is 3.30. The van der Waals surface area contributed by atoms with E-state index in [4.69, 9.17) is 4.74 Å². The van der Waals surface area contributed by atoms with Crippen LogP contribution in [0.25, 0.3) is 0 Å². The van der Waals surface area contributed by atoms with Crippen molar-refractivity contribution in [1.29, 1.82) is 0 Å². The first-order chi connectivity index (χ1) is 10.1. The molecule has 0 spiro atoms. The van der Waals surface area contributed by atoms with E-state index >= 15 is 0 Å². The van der Waals surface area contributed by atoms with Crippen molar-refractivity contribution >= 4 is 15.9 Å². The van der Waals surface area contributed by atoms with Crippen LogP contribution in [0.5, 0.6) is 5.75 Å². The van der Waals surface area contributed by atoms with Gasteiger partial charge >= 0.3 is 0 Å². The van der Waals surface area contributed by atoms with Gasteiger partial charge < -0.3 is 9.84 Å². The van der Waals surface area contributed by atoms with Crippen molar-refractivity contribution in [2.45, 2.75) is 39.3 Å². The SMILES string of the molecule is CCc1nn(CC)c(CC(O)c2ccccc2OC)c1Br. The molecule has 0 saturated carbocycles. The predicted molar refractivity (Wildman–Crippen MR) is 86.6 cm³/mol. The summed E-state index contributed by atoms with van der Waals surface area (Å²) in [6.07, 6.45) is 0.747. The Labute approximate surface area is 133 Å². The molecule has 0 bridgehead atoms. The number of hydrogen-bond acceptors (Lipinski definition) is 3. The lowest BCUT2D eigenvalue weighted by Crippen LogP contribution is -2.09. The summed E-state index contributed by atoms with van der Waals surface area (Å²) in [5.41, 5.74) is 2.85. The molecule has 1 unspecified atom stereocenters. The fourth-order valence-electron chi connectivity index (χ4n) is 2.45. The van der Waals surface area contributed by atoms with Crippen LogP contribution in [-0.4, -0.2) is 22.0 Å². The summed E-state index contributed by atoms with van der Waals surface area (Å²) in [5, 5.41) is 15.1. The minimum atomic E-state index is -0.621. The molecule has 0 radical (unpaired) electrons. The highest BCUT2D eigenvalue weighted by Crippen LogP contribution is 2.31. The van der Waals surface area contributed by atoms with E-state index < -0.39 is 6.10 Å². The van der Waals surface area contributed by atoms with Crippen LogP contribution >= 0.6 is 15.9 Å². The second-order valence-electron chi connectivity index (χ2n) is 4.84. The Balaban J connectivity index is 2.31. The number of aliphatic hydroxyl groups excluding tert-OH is 1. The fraction of sp³-hybridized carbons (Fsp3) is 0.438. The van der Waals surface area contributed by atoms with Crippen LogP contribution in [0, 0.1) is 0 Å². The van der Waals surface area contributed by atoms with Crippen molar-refractivity contribution < 1.29 is 9.84 Å². The highest BCUT2D eigenvalue weighted by atomic mass is 79.9. The number of aryl methyl sites for hydroxylation is 2. The van der Waals surface area contributed by atoms with Gasteiger partial charge in [-0.05, 0) is 35.3 Å². The fourth-order valence-corrected chi connectivity index (χ4v) is 3.17. The first kappa shape index (κ1) is 16.0. The van der Waals surface area contributed by atoms with Crippen LogP contribution in [0.15, 0.2) is 28.7 Å². The summed E-state index contributed by atoms with van der Waals surface area (Å²) < 4.78 is 8.27. The van der Waals surface area contributed by atoms with Crippen molar-refractivity contribution in [3.63, 3.8) is 0 Å². The third-order valence-corrected chi connectivity index (χ3v) is 4.49. The molecule has 0 aliphatic heterocycles. The molecule has 0 saturated heterocycles. The lowest BCUT2D eigenvalue weighted by Gasteiger charge is -2.15. The molecule has 5 heteroatoms. The van der Waals surface area contributed by atoms with Gasteiger partial charge in [-0.1, -0.05) is 25.1 Å². The molecule has 2 rings (SSSR count). The molecule has 0 fully saturated rings. The summed E-state index contributed by atoms with van der Waals surface area (Å²) in [7, 11) is 1.62. The monoisotopic (exact) mass is 352 g/mol. The number of hydrogen-bond donors (Lipinski definition) is 1. The molecule has 4 nitrogen and oxygen atoms in total. The minimum absolute atomic E-state index is 0.502. The molecular weight excluding hydrogens is 332 g/mol. The molecule has 0 aliphatic rings. The van der Waals surface area contributed by atoms with E-state index in [2.05, 4.69) is 34.9 Å². The summed E-state index contributed by atoms with van der Waals surface area (Å²) in [6, 6.07) is 7.56.